The topological polar surface area (TPSA) is 28.2 Å². The maximum atomic E-state index is 4.08. The molecule has 1 aliphatic heterocycles. The maximum Gasteiger partial charge on any atom is 0.0271 e. The minimum Gasteiger partial charge on any atom is -0.313 e. The Hall–Kier alpha value is -0.930. The van der Waals surface area contributed by atoms with Crippen molar-refractivity contribution in [2.45, 2.75) is 39.3 Å². The average Bonchev–Trinajstić information content (AvgIpc) is 2.55. The SMILES string of the molecule is CC(C)CC1CN(Cc2ccncc2)CCCN1. The highest BCUT2D eigenvalue weighted by molar-refractivity contribution is 5.09. The van der Waals surface area contributed by atoms with Gasteiger partial charge >= 0.3 is 0 Å². The molecule has 3 heteroatoms. The molecule has 1 aromatic rings. The predicted octanol–water partition coefficient (Wildman–Crippen LogP) is 2.29. The van der Waals surface area contributed by atoms with Crippen molar-refractivity contribution >= 4 is 0 Å². The molecule has 0 spiro atoms. The molecule has 1 saturated heterocycles. The van der Waals surface area contributed by atoms with Crippen LogP contribution in [0.5, 0.6) is 0 Å². The minimum absolute atomic E-state index is 0.648. The monoisotopic (exact) mass is 247 g/mol. The highest BCUT2D eigenvalue weighted by atomic mass is 15.2. The summed E-state index contributed by atoms with van der Waals surface area (Å²) >= 11 is 0. The molecule has 1 atom stereocenters. The second-order valence-electron chi connectivity index (χ2n) is 5.72. The Morgan fingerprint density at radius 3 is 2.89 bits per heavy atom. The van der Waals surface area contributed by atoms with Gasteiger partial charge in [-0.3, -0.25) is 9.88 Å². The molecule has 0 aromatic carbocycles. The van der Waals surface area contributed by atoms with Crippen LogP contribution in [0.25, 0.3) is 0 Å². The largest absolute Gasteiger partial charge is 0.313 e. The first-order chi connectivity index (χ1) is 8.74. The van der Waals surface area contributed by atoms with Gasteiger partial charge in [0.15, 0.2) is 0 Å². The third-order valence-corrected chi connectivity index (χ3v) is 3.47. The number of hydrogen-bond donors (Lipinski definition) is 1. The predicted molar refractivity (Wildman–Crippen MR) is 75.4 cm³/mol. The number of pyridine rings is 1. The zero-order valence-corrected chi connectivity index (χ0v) is 11.6. The molecule has 0 radical (unpaired) electrons. The fourth-order valence-corrected chi connectivity index (χ4v) is 2.69. The van der Waals surface area contributed by atoms with Gasteiger partial charge in [0.05, 0.1) is 0 Å². The molecule has 2 heterocycles. The van der Waals surface area contributed by atoms with Crippen LogP contribution in [0.2, 0.25) is 0 Å². The molecule has 1 N–H and O–H groups in total. The summed E-state index contributed by atoms with van der Waals surface area (Å²) in [6, 6.07) is 4.89. The molecular formula is C15H25N3. The molecule has 0 aliphatic carbocycles. The normalized spacial score (nSPS) is 22.1. The third-order valence-electron chi connectivity index (χ3n) is 3.47. The first-order valence-electron chi connectivity index (χ1n) is 7.08. The van der Waals surface area contributed by atoms with Gasteiger partial charge < -0.3 is 5.32 Å². The Labute approximate surface area is 111 Å². The highest BCUT2D eigenvalue weighted by Gasteiger charge is 2.18. The van der Waals surface area contributed by atoms with Crippen LogP contribution in [-0.2, 0) is 6.54 Å². The first-order valence-corrected chi connectivity index (χ1v) is 7.08. The first kappa shape index (κ1) is 13.5. The summed E-state index contributed by atoms with van der Waals surface area (Å²) in [5.41, 5.74) is 1.37. The number of nitrogens with one attached hydrogen (secondary N) is 1. The van der Waals surface area contributed by atoms with E-state index >= 15 is 0 Å². The molecule has 3 nitrogen and oxygen atoms in total. The van der Waals surface area contributed by atoms with E-state index < -0.39 is 0 Å². The van der Waals surface area contributed by atoms with Crippen LogP contribution in [0, 0.1) is 5.92 Å². The molecule has 0 saturated carbocycles. The second kappa shape index (κ2) is 6.86. The van der Waals surface area contributed by atoms with Crippen molar-refractivity contribution in [2.75, 3.05) is 19.6 Å². The van der Waals surface area contributed by atoms with Crippen LogP contribution in [0.15, 0.2) is 24.5 Å². The Morgan fingerprint density at radius 2 is 2.17 bits per heavy atom. The fraction of sp³-hybridized carbons (Fsp3) is 0.667. The van der Waals surface area contributed by atoms with Crippen molar-refractivity contribution in [3.05, 3.63) is 30.1 Å². The van der Waals surface area contributed by atoms with Crippen LogP contribution in [0.4, 0.5) is 0 Å². The van der Waals surface area contributed by atoms with E-state index in [-0.39, 0.29) is 0 Å². The van der Waals surface area contributed by atoms with Crippen LogP contribution < -0.4 is 5.32 Å². The van der Waals surface area contributed by atoms with Gasteiger partial charge in [0.25, 0.3) is 0 Å². The summed E-state index contributed by atoms with van der Waals surface area (Å²) in [5, 5.41) is 3.67. The number of hydrogen-bond acceptors (Lipinski definition) is 3. The zero-order valence-electron chi connectivity index (χ0n) is 11.6. The summed E-state index contributed by atoms with van der Waals surface area (Å²) in [7, 11) is 0. The van der Waals surface area contributed by atoms with E-state index in [0.29, 0.717) is 6.04 Å². The van der Waals surface area contributed by atoms with Gasteiger partial charge in [-0.15, -0.1) is 0 Å². The Balaban J connectivity index is 1.91. The van der Waals surface area contributed by atoms with Crippen LogP contribution in [-0.4, -0.2) is 35.6 Å². The summed E-state index contributed by atoms with van der Waals surface area (Å²) in [6.45, 7) is 9.19. The van der Waals surface area contributed by atoms with E-state index in [1.165, 1.54) is 31.5 Å². The van der Waals surface area contributed by atoms with Crippen molar-refractivity contribution in [2.24, 2.45) is 5.92 Å². The van der Waals surface area contributed by atoms with Crippen molar-refractivity contribution in [1.82, 2.24) is 15.2 Å². The molecule has 1 aromatic heterocycles. The number of nitrogens with zero attached hydrogens (tertiary/aromatic N) is 2. The summed E-state index contributed by atoms with van der Waals surface area (Å²) in [6.07, 6.45) is 6.29. The molecule has 1 aliphatic rings. The molecule has 1 unspecified atom stereocenters. The quantitative estimate of drug-likeness (QED) is 0.885. The molecular weight excluding hydrogens is 222 g/mol. The second-order valence-corrected chi connectivity index (χ2v) is 5.72. The number of rotatable bonds is 4. The molecule has 0 amide bonds. The molecule has 1 fully saturated rings. The van der Waals surface area contributed by atoms with E-state index in [1.807, 2.05) is 12.4 Å². The smallest absolute Gasteiger partial charge is 0.0271 e. The van der Waals surface area contributed by atoms with E-state index in [2.05, 4.69) is 41.2 Å². The molecule has 18 heavy (non-hydrogen) atoms. The third kappa shape index (κ3) is 4.39. The van der Waals surface area contributed by atoms with Gasteiger partial charge in [0.2, 0.25) is 0 Å². The highest BCUT2D eigenvalue weighted by Crippen LogP contribution is 2.12. The van der Waals surface area contributed by atoms with Crippen LogP contribution in [0.3, 0.4) is 0 Å². The number of aromatic nitrogens is 1. The van der Waals surface area contributed by atoms with Gasteiger partial charge in [-0.25, -0.2) is 0 Å². The van der Waals surface area contributed by atoms with E-state index in [9.17, 15) is 0 Å². The lowest BCUT2D eigenvalue weighted by Crippen LogP contribution is -2.38. The van der Waals surface area contributed by atoms with Crippen molar-refractivity contribution < 1.29 is 0 Å². The van der Waals surface area contributed by atoms with Crippen molar-refractivity contribution in [1.29, 1.82) is 0 Å². The van der Waals surface area contributed by atoms with Crippen LogP contribution in [0.1, 0.15) is 32.3 Å². The lowest BCUT2D eigenvalue weighted by Gasteiger charge is -2.25. The van der Waals surface area contributed by atoms with Gasteiger partial charge in [0.1, 0.15) is 0 Å². The fourth-order valence-electron chi connectivity index (χ4n) is 2.69. The van der Waals surface area contributed by atoms with E-state index in [1.54, 1.807) is 0 Å². The minimum atomic E-state index is 0.648. The summed E-state index contributed by atoms with van der Waals surface area (Å²) in [5.74, 6) is 0.767. The maximum absolute atomic E-state index is 4.08. The average molecular weight is 247 g/mol. The Bertz CT molecular complexity index is 337. The van der Waals surface area contributed by atoms with E-state index in [0.717, 1.165) is 19.0 Å². The van der Waals surface area contributed by atoms with Gasteiger partial charge in [0, 0.05) is 31.5 Å². The van der Waals surface area contributed by atoms with Crippen LogP contribution >= 0.6 is 0 Å². The molecule has 0 bridgehead atoms. The van der Waals surface area contributed by atoms with Gasteiger partial charge in [-0.2, -0.15) is 0 Å². The van der Waals surface area contributed by atoms with Crippen molar-refractivity contribution in [3.63, 3.8) is 0 Å². The zero-order chi connectivity index (χ0) is 12.8. The summed E-state index contributed by atoms with van der Waals surface area (Å²) in [4.78, 5) is 6.65. The molecule has 2 rings (SSSR count). The van der Waals surface area contributed by atoms with Crippen molar-refractivity contribution in [3.8, 4) is 0 Å². The Kier molecular flexibility index (Phi) is 5.14. The Morgan fingerprint density at radius 1 is 1.39 bits per heavy atom. The lowest BCUT2D eigenvalue weighted by atomic mass is 10.0. The lowest BCUT2D eigenvalue weighted by molar-refractivity contribution is 0.247. The van der Waals surface area contributed by atoms with Gasteiger partial charge in [-0.1, -0.05) is 13.8 Å². The summed E-state index contributed by atoms with van der Waals surface area (Å²) < 4.78 is 0. The standard InChI is InChI=1S/C15H25N3/c1-13(2)10-15-12-18(9-3-6-17-15)11-14-4-7-16-8-5-14/h4-5,7-8,13,15,17H,3,6,9-12H2,1-2H3. The molecule has 100 valence electrons. The van der Waals surface area contributed by atoms with E-state index in [4.69, 9.17) is 0 Å². The van der Waals surface area contributed by atoms with Gasteiger partial charge in [-0.05, 0) is 49.5 Å².